The van der Waals surface area contributed by atoms with Crippen LogP contribution in [-0.2, 0) is 0 Å². The predicted molar refractivity (Wildman–Crippen MR) is 58.0 cm³/mol. The van der Waals surface area contributed by atoms with Crippen LogP contribution in [0.4, 0.5) is 0 Å². The Balaban J connectivity index is 2.09. The molecule has 0 aromatic carbocycles. The predicted octanol–water partition coefficient (Wildman–Crippen LogP) is 2.73. The van der Waals surface area contributed by atoms with Gasteiger partial charge in [0, 0.05) is 13.1 Å². The molecule has 1 amide bonds. The second kappa shape index (κ2) is 4.11. The monoisotopic (exact) mass is 225 g/mol. The first-order valence-electron chi connectivity index (χ1n) is 4.87. The van der Waals surface area contributed by atoms with Gasteiger partial charge in [0.25, 0.3) is 5.91 Å². The maximum absolute atomic E-state index is 11.9. The average Bonchev–Trinajstić information content (AvgIpc) is 2.65. The number of amides is 1. The zero-order valence-electron chi connectivity index (χ0n) is 8.33. The van der Waals surface area contributed by atoms with Gasteiger partial charge in [0.2, 0.25) is 5.22 Å². The van der Waals surface area contributed by atoms with Crippen LogP contribution in [0, 0.1) is 0 Å². The number of likely N-dealkylation sites (tertiary alicyclic amines) is 1. The molecule has 1 aliphatic heterocycles. The van der Waals surface area contributed by atoms with E-state index in [1.54, 1.807) is 11.0 Å². The van der Waals surface area contributed by atoms with E-state index in [0.29, 0.717) is 5.56 Å². The lowest BCUT2D eigenvalue weighted by molar-refractivity contribution is 0.0743. The third-order valence-corrected chi connectivity index (χ3v) is 2.90. The first kappa shape index (κ1) is 10.3. The summed E-state index contributed by atoms with van der Waals surface area (Å²) in [6, 6.07) is 1.61. The summed E-state index contributed by atoms with van der Waals surface area (Å²) in [7, 11) is 0. The lowest BCUT2D eigenvalue weighted by Crippen LogP contribution is -2.36. The molecule has 0 unspecified atom stereocenters. The minimum atomic E-state index is -0.0544. The first-order chi connectivity index (χ1) is 7.18. The molecular formula is C11H12ClNO2. The molecule has 2 heterocycles. The third-order valence-electron chi connectivity index (χ3n) is 2.61. The Hall–Kier alpha value is -1.22. The van der Waals surface area contributed by atoms with Crippen LogP contribution in [0.15, 0.2) is 28.9 Å². The third kappa shape index (κ3) is 2.07. The van der Waals surface area contributed by atoms with E-state index in [2.05, 4.69) is 6.58 Å². The summed E-state index contributed by atoms with van der Waals surface area (Å²) in [4.78, 5) is 13.7. The van der Waals surface area contributed by atoms with Crippen molar-refractivity contribution in [1.29, 1.82) is 0 Å². The highest BCUT2D eigenvalue weighted by molar-refractivity contribution is 6.32. The maximum atomic E-state index is 11.9. The SMILES string of the molecule is C=C1CCN(C(=O)c2ccoc2Cl)CC1. The van der Waals surface area contributed by atoms with Gasteiger partial charge in [0.1, 0.15) is 0 Å². The minimum absolute atomic E-state index is 0.0544. The molecule has 1 saturated heterocycles. The molecule has 4 heteroatoms. The molecule has 1 fully saturated rings. The Kier molecular flexibility index (Phi) is 2.82. The standard InChI is InChI=1S/C11H12ClNO2/c1-8-2-5-13(6-3-8)11(14)9-4-7-15-10(9)12/h4,7H,1-3,5-6H2. The molecule has 0 radical (unpaired) electrons. The summed E-state index contributed by atoms with van der Waals surface area (Å²) < 4.78 is 4.90. The van der Waals surface area contributed by atoms with E-state index in [0.717, 1.165) is 25.9 Å². The van der Waals surface area contributed by atoms with Crippen LogP contribution >= 0.6 is 11.6 Å². The fraction of sp³-hybridized carbons (Fsp3) is 0.364. The molecule has 0 aliphatic carbocycles. The maximum Gasteiger partial charge on any atom is 0.258 e. The molecule has 0 saturated carbocycles. The van der Waals surface area contributed by atoms with Crippen molar-refractivity contribution in [3.63, 3.8) is 0 Å². The zero-order valence-corrected chi connectivity index (χ0v) is 9.09. The molecule has 15 heavy (non-hydrogen) atoms. The quantitative estimate of drug-likeness (QED) is 0.689. The molecule has 80 valence electrons. The number of halogens is 1. The number of carbonyl (C=O) groups is 1. The Morgan fingerprint density at radius 1 is 1.47 bits per heavy atom. The van der Waals surface area contributed by atoms with Crippen LogP contribution in [0.1, 0.15) is 23.2 Å². The summed E-state index contributed by atoms with van der Waals surface area (Å²) in [6.45, 7) is 5.35. The summed E-state index contributed by atoms with van der Waals surface area (Å²) in [6.07, 6.45) is 3.18. The highest BCUT2D eigenvalue weighted by Gasteiger charge is 2.22. The van der Waals surface area contributed by atoms with E-state index in [1.165, 1.54) is 11.8 Å². The molecule has 2 rings (SSSR count). The Bertz CT molecular complexity index is 387. The zero-order chi connectivity index (χ0) is 10.8. The summed E-state index contributed by atoms with van der Waals surface area (Å²) in [5.41, 5.74) is 1.65. The number of hydrogen-bond donors (Lipinski definition) is 0. The summed E-state index contributed by atoms with van der Waals surface area (Å²) >= 11 is 5.75. The fourth-order valence-electron chi connectivity index (χ4n) is 1.64. The molecule has 0 atom stereocenters. The van der Waals surface area contributed by atoms with Crippen molar-refractivity contribution in [2.24, 2.45) is 0 Å². The van der Waals surface area contributed by atoms with E-state index in [1.807, 2.05) is 0 Å². The van der Waals surface area contributed by atoms with Crippen LogP contribution in [0.3, 0.4) is 0 Å². The molecular weight excluding hydrogens is 214 g/mol. The molecule has 0 spiro atoms. The lowest BCUT2D eigenvalue weighted by Gasteiger charge is -2.27. The lowest BCUT2D eigenvalue weighted by atomic mass is 10.1. The summed E-state index contributed by atoms with van der Waals surface area (Å²) in [5.74, 6) is -0.0544. The van der Waals surface area contributed by atoms with Crippen LogP contribution in [-0.4, -0.2) is 23.9 Å². The largest absolute Gasteiger partial charge is 0.452 e. The van der Waals surface area contributed by atoms with Crippen molar-refractivity contribution in [3.8, 4) is 0 Å². The van der Waals surface area contributed by atoms with Gasteiger partial charge in [-0.2, -0.15) is 0 Å². The Labute approximate surface area is 93.3 Å². The number of hydrogen-bond acceptors (Lipinski definition) is 2. The molecule has 0 N–H and O–H groups in total. The fourth-order valence-corrected chi connectivity index (χ4v) is 1.84. The minimum Gasteiger partial charge on any atom is -0.452 e. The molecule has 1 aliphatic rings. The van der Waals surface area contributed by atoms with E-state index >= 15 is 0 Å². The average molecular weight is 226 g/mol. The van der Waals surface area contributed by atoms with Crippen LogP contribution < -0.4 is 0 Å². The topological polar surface area (TPSA) is 33.5 Å². The van der Waals surface area contributed by atoms with Gasteiger partial charge in [0.15, 0.2) is 0 Å². The second-order valence-electron chi connectivity index (χ2n) is 3.65. The van der Waals surface area contributed by atoms with Crippen molar-refractivity contribution in [2.75, 3.05) is 13.1 Å². The van der Waals surface area contributed by atoms with E-state index in [9.17, 15) is 4.79 Å². The molecule has 1 aromatic rings. The first-order valence-corrected chi connectivity index (χ1v) is 5.25. The van der Waals surface area contributed by atoms with E-state index in [-0.39, 0.29) is 11.1 Å². The highest BCUT2D eigenvalue weighted by atomic mass is 35.5. The van der Waals surface area contributed by atoms with Gasteiger partial charge in [-0.25, -0.2) is 0 Å². The van der Waals surface area contributed by atoms with Crippen molar-refractivity contribution in [3.05, 3.63) is 35.3 Å². The van der Waals surface area contributed by atoms with Crippen LogP contribution in [0.25, 0.3) is 0 Å². The van der Waals surface area contributed by atoms with Crippen molar-refractivity contribution in [1.82, 2.24) is 4.90 Å². The molecule has 3 nitrogen and oxygen atoms in total. The van der Waals surface area contributed by atoms with E-state index in [4.69, 9.17) is 16.0 Å². The van der Waals surface area contributed by atoms with Crippen molar-refractivity contribution in [2.45, 2.75) is 12.8 Å². The summed E-state index contributed by atoms with van der Waals surface area (Å²) in [5, 5.41) is 0.171. The number of furan rings is 1. The van der Waals surface area contributed by atoms with Crippen molar-refractivity contribution < 1.29 is 9.21 Å². The van der Waals surface area contributed by atoms with E-state index < -0.39 is 0 Å². The number of rotatable bonds is 1. The van der Waals surface area contributed by atoms with Gasteiger partial charge < -0.3 is 9.32 Å². The normalized spacial score (nSPS) is 16.9. The van der Waals surface area contributed by atoms with Crippen molar-refractivity contribution >= 4 is 17.5 Å². The van der Waals surface area contributed by atoms with Gasteiger partial charge in [-0.15, -0.1) is 0 Å². The van der Waals surface area contributed by atoms with Gasteiger partial charge >= 0.3 is 0 Å². The number of carbonyl (C=O) groups excluding carboxylic acids is 1. The second-order valence-corrected chi connectivity index (χ2v) is 3.99. The highest BCUT2D eigenvalue weighted by Crippen LogP contribution is 2.21. The Morgan fingerprint density at radius 2 is 2.13 bits per heavy atom. The number of piperidine rings is 1. The van der Waals surface area contributed by atoms with Gasteiger partial charge in [-0.1, -0.05) is 12.2 Å². The number of nitrogens with zero attached hydrogens (tertiary/aromatic N) is 1. The van der Waals surface area contributed by atoms with Crippen LogP contribution in [0.5, 0.6) is 0 Å². The van der Waals surface area contributed by atoms with Gasteiger partial charge in [-0.05, 0) is 30.5 Å². The van der Waals surface area contributed by atoms with Gasteiger partial charge in [-0.3, -0.25) is 4.79 Å². The Morgan fingerprint density at radius 3 is 2.67 bits per heavy atom. The van der Waals surface area contributed by atoms with Crippen LogP contribution in [0.2, 0.25) is 5.22 Å². The van der Waals surface area contributed by atoms with Gasteiger partial charge in [0.05, 0.1) is 11.8 Å². The molecule has 1 aromatic heterocycles. The smallest absolute Gasteiger partial charge is 0.258 e. The molecule has 0 bridgehead atoms.